The fourth-order valence-corrected chi connectivity index (χ4v) is 4.68. The summed E-state index contributed by atoms with van der Waals surface area (Å²) in [5.41, 5.74) is 0. The van der Waals surface area contributed by atoms with Gasteiger partial charge in [0.2, 0.25) is 5.91 Å². The topological polar surface area (TPSA) is 131 Å². The summed E-state index contributed by atoms with van der Waals surface area (Å²) in [6.45, 7) is 3.32. The smallest absolute Gasteiger partial charge is 0.463 e. The molecule has 0 heterocycles. The van der Waals surface area contributed by atoms with Crippen molar-refractivity contribution in [2.75, 3.05) is 26.4 Å². The number of ether oxygens (including phenoxy) is 1. The predicted octanol–water partition coefficient (Wildman–Crippen LogP) is 7.48. The molecule has 0 spiro atoms. The highest BCUT2D eigenvalue weighted by Crippen LogP contribution is 2.42. The van der Waals surface area contributed by atoms with Crippen molar-refractivity contribution in [1.82, 2.24) is 5.32 Å². The van der Waals surface area contributed by atoms with Gasteiger partial charge in [0.15, 0.2) is 0 Å². The number of amides is 1. The van der Waals surface area contributed by atoms with Gasteiger partial charge >= 0.3 is 13.8 Å². The minimum atomic E-state index is -4.40. The highest BCUT2D eigenvalue weighted by atomic mass is 31.2. The van der Waals surface area contributed by atoms with Crippen LogP contribution < -0.4 is 5.32 Å². The van der Waals surface area contributed by atoms with Gasteiger partial charge in [0.1, 0.15) is 12.7 Å². The van der Waals surface area contributed by atoms with Crippen LogP contribution >= 0.6 is 7.82 Å². The molecule has 0 radical (unpaired) electrons. The standard InChI is InChI=1S/C32H58NO8P/c1-3-5-7-9-11-12-13-14-15-16-17-18-19-21-23-25-32(36)39-28-30(34)29-41-42(37,38)40-27-26-33-31(35)24-22-20-10-8-6-4-2/h5,7,11-12,14-15,30,34H,3-4,6,8-10,13,16-29H2,1-2H3,(H,33,35)(H,37,38)/b7-5-,12-11-,15-14-. The van der Waals surface area contributed by atoms with Crippen LogP contribution in [0.25, 0.3) is 0 Å². The average molecular weight is 616 g/mol. The summed E-state index contributed by atoms with van der Waals surface area (Å²) in [6.07, 6.45) is 28.1. The number of phosphoric acid groups is 1. The molecule has 42 heavy (non-hydrogen) atoms. The minimum Gasteiger partial charge on any atom is -0.463 e. The summed E-state index contributed by atoms with van der Waals surface area (Å²) in [5.74, 6) is -0.548. The molecule has 0 rings (SSSR count). The molecule has 0 aliphatic rings. The van der Waals surface area contributed by atoms with Gasteiger partial charge in [0, 0.05) is 19.4 Å². The lowest BCUT2D eigenvalue weighted by Gasteiger charge is -2.15. The molecular weight excluding hydrogens is 557 g/mol. The van der Waals surface area contributed by atoms with Crippen LogP contribution in [-0.2, 0) is 27.9 Å². The van der Waals surface area contributed by atoms with E-state index in [-0.39, 0.29) is 32.1 Å². The average Bonchev–Trinajstić information content (AvgIpc) is 2.97. The molecule has 244 valence electrons. The van der Waals surface area contributed by atoms with Crippen LogP contribution in [-0.4, -0.2) is 54.3 Å². The molecular formula is C32H58NO8P. The van der Waals surface area contributed by atoms with Gasteiger partial charge in [0.05, 0.1) is 13.2 Å². The number of hydrogen-bond acceptors (Lipinski definition) is 7. The predicted molar refractivity (Wildman–Crippen MR) is 169 cm³/mol. The van der Waals surface area contributed by atoms with E-state index in [0.29, 0.717) is 12.8 Å². The number of nitrogens with one attached hydrogen (secondary N) is 1. The van der Waals surface area contributed by atoms with Crippen molar-refractivity contribution in [2.45, 2.75) is 129 Å². The Morgan fingerprint density at radius 1 is 0.762 bits per heavy atom. The van der Waals surface area contributed by atoms with Crippen molar-refractivity contribution in [3.05, 3.63) is 36.5 Å². The van der Waals surface area contributed by atoms with Crippen LogP contribution in [0.3, 0.4) is 0 Å². The van der Waals surface area contributed by atoms with E-state index in [2.05, 4.69) is 55.6 Å². The van der Waals surface area contributed by atoms with Gasteiger partial charge in [-0.05, 0) is 44.9 Å². The third-order valence-corrected chi connectivity index (χ3v) is 7.32. The van der Waals surface area contributed by atoms with Crippen LogP contribution in [0.15, 0.2) is 36.5 Å². The van der Waals surface area contributed by atoms with Crippen molar-refractivity contribution in [1.29, 1.82) is 0 Å². The molecule has 0 bridgehead atoms. The Kier molecular flexibility index (Phi) is 28.1. The van der Waals surface area contributed by atoms with E-state index in [9.17, 15) is 24.2 Å². The summed E-state index contributed by atoms with van der Waals surface area (Å²) in [7, 11) is -4.40. The molecule has 0 aromatic rings. The largest absolute Gasteiger partial charge is 0.472 e. The molecule has 0 aromatic heterocycles. The van der Waals surface area contributed by atoms with Crippen LogP contribution in [0.4, 0.5) is 0 Å². The second-order valence-electron chi connectivity index (χ2n) is 10.4. The summed E-state index contributed by atoms with van der Waals surface area (Å²) in [5, 5.41) is 12.5. The first-order chi connectivity index (χ1) is 20.3. The van der Waals surface area contributed by atoms with Crippen molar-refractivity contribution in [3.8, 4) is 0 Å². The number of carbonyl (C=O) groups is 2. The number of aliphatic hydroxyl groups excluding tert-OH is 1. The number of unbranched alkanes of at least 4 members (excludes halogenated alkanes) is 10. The fraction of sp³-hybridized carbons (Fsp3) is 0.750. The normalized spacial score (nSPS) is 14.1. The first kappa shape index (κ1) is 40.2. The molecule has 2 unspecified atom stereocenters. The number of rotatable bonds is 29. The second kappa shape index (κ2) is 29.3. The van der Waals surface area contributed by atoms with Crippen LogP contribution in [0.2, 0.25) is 0 Å². The Labute approximate surface area is 254 Å². The van der Waals surface area contributed by atoms with Gasteiger partial charge < -0.3 is 20.1 Å². The molecule has 2 atom stereocenters. The van der Waals surface area contributed by atoms with E-state index in [4.69, 9.17) is 13.8 Å². The number of aliphatic hydroxyl groups is 1. The van der Waals surface area contributed by atoms with Crippen LogP contribution in [0, 0.1) is 0 Å². The lowest BCUT2D eigenvalue weighted by Crippen LogP contribution is -2.27. The molecule has 9 nitrogen and oxygen atoms in total. The fourth-order valence-electron chi connectivity index (χ4n) is 3.92. The maximum Gasteiger partial charge on any atom is 0.472 e. The van der Waals surface area contributed by atoms with Crippen LogP contribution in [0.1, 0.15) is 123 Å². The Balaban J connectivity index is 3.69. The Morgan fingerprint density at radius 3 is 2.05 bits per heavy atom. The molecule has 10 heteroatoms. The van der Waals surface area contributed by atoms with Gasteiger partial charge in [-0.2, -0.15) is 0 Å². The third kappa shape index (κ3) is 29.7. The number of allylic oxidation sites excluding steroid dienone is 6. The molecule has 0 saturated heterocycles. The van der Waals surface area contributed by atoms with Crippen molar-refractivity contribution in [2.24, 2.45) is 0 Å². The number of hydrogen-bond donors (Lipinski definition) is 3. The zero-order chi connectivity index (χ0) is 31.2. The van der Waals surface area contributed by atoms with E-state index in [0.717, 1.165) is 70.6 Å². The lowest BCUT2D eigenvalue weighted by atomic mass is 10.1. The van der Waals surface area contributed by atoms with Gasteiger partial charge in [-0.25, -0.2) is 4.57 Å². The van der Waals surface area contributed by atoms with Crippen LogP contribution in [0.5, 0.6) is 0 Å². The first-order valence-corrected chi connectivity index (χ1v) is 17.5. The highest BCUT2D eigenvalue weighted by Gasteiger charge is 2.23. The molecule has 0 aromatic carbocycles. The summed E-state index contributed by atoms with van der Waals surface area (Å²) in [4.78, 5) is 33.4. The Hall–Kier alpha value is -1.77. The number of carbonyl (C=O) groups excluding carboxylic acids is 2. The van der Waals surface area contributed by atoms with Crippen molar-refractivity contribution < 1.29 is 37.9 Å². The summed E-state index contributed by atoms with van der Waals surface area (Å²) in [6, 6.07) is 0. The lowest BCUT2D eigenvalue weighted by molar-refractivity contribution is -0.147. The minimum absolute atomic E-state index is 0.0786. The van der Waals surface area contributed by atoms with Crippen molar-refractivity contribution >= 4 is 19.7 Å². The van der Waals surface area contributed by atoms with Gasteiger partial charge in [-0.3, -0.25) is 18.6 Å². The van der Waals surface area contributed by atoms with E-state index >= 15 is 0 Å². The monoisotopic (exact) mass is 615 g/mol. The molecule has 0 saturated carbocycles. The van der Waals surface area contributed by atoms with E-state index in [1.54, 1.807) is 0 Å². The summed E-state index contributed by atoms with van der Waals surface area (Å²) < 4.78 is 26.5. The quantitative estimate of drug-likeness (QED) is 0.0342. The highest BCUT2D eigenvalue weighted by molar-refractivity contribution is 7.47. The molecule has 0 aliphatic heterocycles. The Morgan fingerprint density at radius 2 is 1.36 bits per heavy atom. The molecule has 1 amide bonds. The van der Waals surface area contributed by atoms with Gasteiger partial charge in [-0.15, -0.1) is 0 Å². The van der Waals surface area contributed by atoms with Crippen molar-refractivity contribution in [3.63, 3.8) is 0 Å². The van der Waals surface area contributed by atoms with Gasteiger partial charge in [-0.1, -0.05) is 102 Å². The molecule has 3 N–H and O–H groups in total. The van der Waals surface area contributed by atoms with E-state index in [1.807, 2.05) is 0 Å². The summed E-state index contributed by atoms with van der Waals surface area (Å²) >= 11 is 0. The molecule has 0 aliphatic carbocycles. The SMILES string of the molecule is CC/C=C\C/C=C\C/C=C\CCCCCCCC(=O)OCC(O)COP(=O)(O)OCCNC(=O)CCCCCCCC. The Bertz CT molecular complexity index is 799. The maximum atomic E-state index is 11.9. The van der Waals surface area contributed by atoms with E-state index in [1.165, 1.54) is 19.3 Å². The van der Waals surface area contributed by atoms with Gasteiger partial charge in [0.25, 0.3) is 0 Å². The first-order valence-electron chi connectivity index (χ1n) is 16.0. The molecule has 0 fully saturated rings. The zero-order valence-corrected chi connectivity index (χ0v) is 27.1. The number of phosphoric ester groups is 1. The second-order valence-corrected chi connectivity index (χ2v) is 11.9. The third-order valence-electron chi connectivity index (χ3n) is 6.33. The maximum absolute atomic E-state index is 11.9. The zero-order valence-electron chi connectivity index (χ0n) is 26.2. The number of esters is 1. The van der Waals surface area contributed by atoms with E-state index < -0.39 is 26.5 Å².